The van der Waals surface area contributed by atoms with E-state index in [0.29, 0.717) is 31.3 Å². The van der Waals surface area contributed by atoms with Crippen molar-refractivity contribution in [3.63, 3.8) is 0 Å². The average Bonchev–Trinajstić information content (AvgIpc) is 2.98. The summed E-state index contributed by atoms with van der Waals surface area (Å²) in [5.41, 5.74) is -1.75. The van der Waals surface area contributed by atoms with Crippen LogP contribution in [0.25, 0.3) is 0 Å². The summed E-state index contributed by atoms with van der Waals surface area (Å²) in [7, 11) is 0. The monoisotopic (exact) mass is 410 g/mol. The summed E-state index contributed by atoms with van der Waals surface area (Å²) in [4.78, 5) is 24.5. The highest BCUT2D eigenvalue weighted by atomic mass is 16.6. The lowest BCUT2D eigenvalue weighted by Gasteiger charge is -2.63. The Labute approximate surface area is 168 Å². The first-order chi connectivity index (χ1) is 13.3. The van der Waals surface area contributed by atoms with Gasteiger partial charge in [-0.25, -0.2) is 0 Å². The summed E-state index contributed by atoms with van der Waals surface area (Å²) < 4.78 is 0. The van der Waals surface area contributed by atoms with Gasteiger partial charge in [-0.15, -0.1) is 0 Å². The molecule has 4 aliphatic carbocycles. The molecular weight excluding hydrogens is 380 g/mol. The van der Waals surface area contributed by atoms with Crippen LogP contribution >= 0.6 is 0 Å². The van der Waals surface area contributed by atoms with E-state index in [2.05, 4.69) is 0 Å². The number of Topliss-reactive ketones (excluding diaryl/α,β-unsaturated/α-hetero) is 1. The molecule has 3 fully saturated rings. The van der Waals surface area contributed by atoms with E-state index < -0.39 is 46.8 Å². The van der Waals surface area contributed by atoms with Crippen LogP contribution in [0.5, 0.6) is 0 Å². The molecule has 8 heteroatoms. The molecule has 0 bridgehead atoms. The summed E-state index contributed by atoms with van der Waals surface area (Å²) in [5.74, 6) is -9.23. The molecule has 6 N–H and O–H groups in total. The molecule has 0 aromatic carbocycles. The lowest BCUT2D eigenvalue weighted by Crippen LogP contribution is -2.74. The number of fused-ring (bicyclic) bond motifs is 5. The molecule has 0 amide bonds. The SMILES string of the molecule is C[C@]12C[C@H](O)[C@H]3[C@@H](CCC4=CC(=O)C(O)(O)C(O)(O)[C@@]43C)[C@@H]1CC[C@@H]2C(=O)CO. The minimum Gasteiger partial charge on any atom is -0.393 e. The molecule has 7 atom stereocenters. The average molecular weight is 410 g/mol. The van der Waals surface area contributed by atoms with Crippen molar-refractivity contribution in [1.29, 1.82) is 0 Å². The second-order valence-electron chi connectivity index (χ2n) is 9.95. The van der Waals surface area contributed by atoms with Gasteiger partial charge in [0, 0.05) is 11.8 Å². The molecular formula is C21H30O8. The predicted octanol–water partition coefficient (Wildman–Crippen LogP) is -0.752. The van der Waals surface area contributed by atoms with Crippen LogP contribution in [0.15, 0.2) is 11.6 Å². The van der Waals surface area contributed by atoms with E-state index in [-0.39, 0.29) is 30.0 Å². The Kier molecular flexibility index (Phi) is 4.50. The van der Waals surface area contributed by atoms with Gasteiger partial charge < -0.3 is 30.6 Å². The molecule has 0 aromatic rings. The summed E-state index contributed by atoms with van der Waals surface area (Å²) >= 11 is 0. The van der Waals surface area contributed by atoms with Crippen molar-refractivity contribution >= 4 is 11.6 Å². The van der Waals surface area contributed by atoms with Crippen molar-refractivity contribution in [3.05, 3.63) is 11.6 Å². The minimum atomic E-state index is -3.38. The molecule has 8 nitrogen and oxygen atoms in total. The third kappa shape index (κ3) is 2.36. The Balaban J connectivity index is 1.80. The standard InChI is InChI=1S/C21H30O8/c1-18-8-14(23)17-11(12(18)5-6-13(18)15(24)9-22)4-3-10-7-16(25)20(26,27)21(28,29)19(10,17)2/h7,11-14,17,22-23,26-29H,3-6,8-9H2,1-2H3/t11-,12-,13+,14-,17+,18-,19-/m0/s1. The Morgan fingerprint density at radius 1 is 1.14 bits per heavy atom. The normalized spacial score (nSPS) is 47.7. The Bertz CT molecular complexity index is 786. The second kappa shape index (κ2) is 6.18. The van der Waals surface area contributed by atoms with Crippen LogP contribution < -0.4 is 0 Å². The molecule has 0 radical (unpaired) electrons. The maximum absolute atomic E-state index is 12.3. The van der Waals surface area contributed by atoms with Crippen molar-refractivity contribution in [1.82, 2.24) is 0 Å². The molecule has 0 aliphatic heterocycles. The van der Waals surface area contributed by atoms with Gasteiger partial charge in [-0.05, 0) is 55.4 Å². The fraction of sp³-hybridized carbons (Fsp3) is 0.810. The third-order valence-electron chi connectivity index (χ3n) is 8.94. The van der Waals surface area contributed by atoms with Gasteiger partial charge in [0.15, 0.2) is 5.78 Å². The van der Waals surface area contributed by atoms with Crippen molar-refractivity contribution in [2.45, 2.75) is 63.6 Å². The number of carbonyl (C=O) groups is 2. The number of ketones is 2. The van der Waals surface area contributed by atoms with E-state index in [0.717, 1.165) is 6.08 Å². The number of aliphatic hydroxyl groups excluding tert-OH is 2. The van der Waals surface area contributed by atoms with Gasteiger partial charge in [0.1, 0.15) is 6.61 Å². The molecule has 29 heavy (non-hydrogen) atoms. The fourth-order valence-corrected chi connectivity index (χ4v) is 7.47. The van der Waals surface area contributed by atoms with Crippen molar-refractivity contribution in [3.8, 4) is 0 Å². The lowest BCUT2D eigenvalue weighted by molar-refractivity contribution is -0.390. The molecule has 4 rings (SSSR count). The zero-order valence-corrected chi connectivity index (χ0v) is 16.7. The van der Waals surface area contributed by atoms with Crippen molar-refractivity contribution in [2.75, 3.05) is 6.61 Å². The van der Waals surface area contributed by atoms with Gasteiger partial charge in [0.05, 0.1) is 11.5 Å². The molecule has 3 saturated carbocycles. The first kappa shape index (κ1) is 21.1. The van der Waals surface area contributed by atoms with Gasteiger partial charge in [-0.1, -0.05) is 19.4 Å². The zero-order chi connectivity index (χ0) is 21.6. The van der Waals surface area contributed by atoms with E-state index >= 15 is 0 Å². The number of carbonyl (C=O) groups excluding carboxylic acids is 2. The molecule has 0 unspecified atom stereocenters. The summed E-state index contributed by atoms with van der Waals surface area (Å²) in [6.07, 6.45) is 2.53. The van der Waals surface area contributed by atoms with E-state index in [1.165, 1.54) is 6.92 Å². The van der Waals surface area contributed by atoms with Gasteiger partial charge in [0.25, 0.3) is 5.79 Å². The fourth-order valence-electron chi connectivity index (χ4n) is 7.47. The van der Waals surface area contributed by atoms with Gasteiger partial charge in [-0.3, -0.25) is 9.59 Å². The number of hydrogen-bond donors (Lipinski definition) is 6. The van der Waals surface area contributed by atoms with E-state index in [4.69, 9.17) is 0 Å². The summed E-state index contributed by atoms with van der Waals surface area (Å²) in [6, 6.07) is 0. The largest absolute Gasteiger partial charge is 0.393 e. The van der Waals surface area contributed by atoms with E-state index in [1.807, 2.05) is 6.92 Å². The zero-order valence-electron chi connectivity index (χ0n) is 16.7. The quantitative estimate of drug-likeness (QED) is 0.325. The van der Waals surface area contributed by atoms with Crippen LogP contribution in [0.4, 0.5) is 0 Å². The molecule has 0 heterocycles. The lowest BCUT2D eigenvalue weighted by atomic mass is 9.44. The highest BCUT2D eigenvalue weighted by Crippen LogP contribution is 2.68. The maximum atomic E-state index is 12.3. The van der Waals surface area contributed by atoms with Crippen LogP contribution in [0, 0.1) is 34.5 Å². The van der Waals surface area contributed by atoms with Crippen molar-refractivity contribution in [2.24, 2.45) is 34.5 Å². The van der Waals surface area contributed by atoms with Crippen LogP contribution in [-0.4, -0.2) is 66.5 Å². The second-order valence-corrected chi connectivity index (χ2v) is 9.95. The van der Waals surface area contributed by atoms with E-state index in [1.54, 1.807) is 0 Å². The molecule has 4 aliphatic rings. The van der Waals surface area contributed by atoms with Crippen molar-refractivity contribution < 1.29 is 40.2 Å². The first-order valence-corrected chi connectivity index (χ1v) is 10.3. The minimum absolute atomic E-state index is 0.00925. The number of rotatable bonds is 2. The van der Waals surface area contributed by atoms with Gasteiger partial charge >= 0.3 is 0 Å². The molecule has 162 valence electrons. The van der Waals surface area contributed by atoms with Crippen LogP contribution in [0.2, 0.25) is 0 Å². The van der Waals surface area contributed by atoms with Gasteiger partial charge in [-0.2, -0.15) is 0 Å². The van der Waals surface area contributed by atoms with Gasteiger partial charge in [0.2, 0.25) is 11.6 Å². The van der Waals surface area contributed by atoms with E-state index in [9.17, 15) is 40.2 Å². The molecule has 0 saturated heterocycles. The number of aliphatic hydroxyl groups is 6. The third-order valence-corrected chi connectivity index (χ3v) is 8.94. The Morgan fingerprint density at radius 3 is 2.41 bits per heavy atom. The smallest absolute Gasteiger partial charge is 0.284 e. The highest BCUT2D eigenvalue weighted by Gasteiger charge is 2.73. The number of hydrogen-bond acceptors (Lipinski definition) is 8. The Morgan fingerprint density at radius 2 is 1.79 bits per heavy atom. The molecule has 0 spiro atoms. The summed E-state index contributed by atoms with van der Waals surface area (Å²) in [6.45, 7) is 2.88. The first-order valence-electron chi connectivity index (χ1n) is 10.3. The predicted molar refractivity (Wildman–Crippen MR) is 98.8 cm³/mol. The highest BCUT2D eigenvalue weighted by molar-refractivity contribution is 5.98. The Hall–Kier alpha value is -1.16. The van der Waals surface area contributed by atoms with Crippen LogP contribution in [0.3, 0.4) is 0 Å². The summed E-state index contributed by atoms with van der Waals surface area (Å²) in [5, 5.41) is 62.8. The van der Waals surface area contributed by atoms with Crippen LogP contribution in [-0.2, 0) is 9.59 Å². The van der Waals surface area contributed by atoms with Crippen LogP contribution in [0.1, 0.15) is 46.0 Å². The molecule has 0 aromatic heterocycles. The maximum Gasteiger partial charge on any atom is 0.284 e. The topological polar surface area (TPSA) is 156 Å².